The van der Waals surface area contributed by atoms with Crippen molar-refractivity contribution in [1.82, 2.24) is 0 Å². The quantitative estimate of drug-likeness (QED) is 0.144. The van der Waals surface area contributed by atoms with Crippen molar-refractivity contribution in [1.29, 1.82) is 0 Å². The second kappa shape index (κ2) is 19.9. The molecule has 0 saturated carbocycles. The van der Waals surface area contributed by atoms with Crippen LogP contribution in [0, 0.1) is 0 Å². The van der Waals surface area contributed by atoms with Crippen LogP contribution in [0.5, 0.6) is 0 Å². The standard InChI is InChI=1S/C23H20BrPS.C18H15BrP.C5H6OS.H2O/c24-25(19-23-17-10-18-26-23,20-11-4-1-5-12-20,21-13-6-2-7-14-21)22-15-8-3-9-16-22;19-20(16-10-4-1-5-11-16,17-12-6-2-7-13-17)18-14-8-3-9-15-18;6-4-5-2-1-3-7-5;/h1-18H,19H2;1-15H;1-3,6H,4H2;1H2/q;+1;;. The summed E-state index contributed by atoms with van der Waals surface area (Å²) < 4.78 is 0. The molecule has 8 rings (SSSR count). The summed E-state index contributed by atoms with van der Waals surface area (Å²) in [5.74, 6) is -1.71. The van der Waals surface area contributed by atoms with E-state index in [1.54, 1.807) is 11.3 Å². The second-order valence-electron chi connectivity index (χ2n) is 12.3. The Balaban J connectivity index is 0.000000177. The number of aliphatic hydroxyl groups excluding tert-OH is 1. The van der Waals surface area contributed by atoms with Gasteiger partial charge in [-0.2, -0.15) is 0 Å². The normalized spacial score (nSPS) is 11.6. The van der Waals surface area contributed by atoms with Gasteiger partial charge in [0.15, 0.2) is 21.5 Å². The monoisotopic (exact) mass is 911 g/mol. The largest absolute Gasteiger partial charge is 0.412 e. The minimum atomic E-state index is -2.82. The van der Waals surface area contributed by atoms with Crippen LogP contribution in [0.15, 0.2) is 217 Å². The van der Waals surface area contributed by atoms with Crippen LogP contribution in [-0.2, 0) is 12.8 Å². The maximum absolute atomic E-state index is 8.44. The fraction of sp³-hybridized carbons (Fsp3) is 0.0435. The van der Waals surface area contributed by atoms with Crippen molar-refractivity contribution in [2.45, 2.75) is 12.8 Å². The molecule has 8 aromatic rings. The first-order valence-corrected chi connectivity index (χ1v) is 27.3. The van der Waals surface area contributed by atoms with Gasteiger partial charge in [0.2, 0.25) is 0 Å². The number of hydrogen-bond donors (Lipinski definition) is 1. The molecule has 0 spiro atoms. The van der Waals surface area contributed by atoms with Crippen LogP contribution in [0.2, 0.25) is 0 Å². The Morgan fingerprint density at radius 3 is 0.981 bits per heavy atom. The first kappa shape index (κ1) is 41.6. The molecule has 6 aromatic carbocycles. The first-order valence-electron chi connectivity index (χ1n) is 17.3. The van der Waals surface area contributed by atoms with E-state index in [2.05, 4.69) is 230 Å². The molecule has 0 aliphatic carbocycles. The van der Waals surface area contributed by atoms with Crippen molar-refractivity contribution in [3.05, 3.63) is 227 Å². The minimum Gasteiger partial charge on any atom is -0.412 e. The van der Waals surface area contributed by atoms with Gasteiger partial charge in [-0.15, -0.1) is 11.3 Å². The molecule has 0 radical (unpaired) electrons. The summed E-state index contributed by atoms with van der Waals surface area (Å²) in [5.41, 5.74) is 0. The number of halogens is 2. The third kappa shape index (κ3) is 9.28. The molecule has 2 nitrogen and oxygen atoms in total. The molecule has 2 aromatic heterocycles. The van der Waals surface area contributed by atoms with Gasteiger partial charge < -0.3 is 10.6 Å². The van der Waals surface area contributed by atoms with Crippen molar-refractivity contribution in [3.8, 4) is 0 Å². The molecule has 274 valence electrons. The van der Waals surface area contributed by atoms with Crippen LogP contribution in [0.25, 0.3) is 0 Å². The maximum atomic E-state index is 8.44. The van der Waals surface area contributed by atoms with Gasteiger partial charge in [0.25, 0.3) is 0 Å². The summed E-state index contributed by atoms with van der Waals surface area (Å²) in [5, 5.41) is 17.9. The third-order valence-corrected chi connectivity index (χ3v) is 27.2. The molecule has 0 fully saturated rings. The average molecular weight is 914 g/mol. The van der Waals surface area contributed by atoms with E-state index in [1.807, 2.05) is 28.8 Å². The minimum absolute atomic E-state index is 0. The molecule has 0 saturated heterocycles. The van der Waals surface area contributed by atoms with Gasteiger partial charge in [0.05, 0.1) is 6.61 Å². The number of aliphatic hydroxyl groups is 1. The SMILES string of the molecule is BrP(Cc1cccs1)(c1ccccc1)(c1ccccc1)c1ccccc1.Br[P+](c1ccccc1)(c1ccccc1)c1ccccc1.O.OCc1cccs1. The first-order chi connectivity index (χ1) is 26.0. The van der Waals surface area contributed by atoms with Crippen molar-refractivity contribution in [2.75, 3.05) is 0 Å². The van der Waals surface area contributed by atoms with Gasteiger partial charge in [-0.3, -0.25) is 0 Å². The Morgan fingerprint density at radius 2 is 0.722 bits per heavy atom. The molecular weight excluding hydrogens is 870 g/mol. The molecule has 0 aliphatic rings. The molecule has 0 atom stereocenters. The summed E-state index contributed by atoms with van der Waals surface area (Å²) in [7, 11) is 0. The van der Waals surface area contributed by atoms with E-state index < -0.39 is 11.3 Å². The van der Waals surface area contributed by atoms with Crippen molar-refractivity contribution in [2.24, 2.45) is 0 Å². The summed E-state index contributed by atoms with van der Waals surface area (Å²) in [6.45, 7) is 0.178. The number of hydrogen-bond acceptors (Lipinski definition) is 3. The smallest absolute Gasteiger partial charge is 0.181 e. The average Bonchev–Trinajstić information content (AvgIpc) is 3.98. The van der Waals surface area contributed by atoms with Crippen LogP contribution in [-0.4, -0.2) is 10.6 Å². The molecule has 2 heterocycles. The molecular formula is C46H43Br2O2P2S2+. The van der Waals surface area contributed by atoms with Gasteiger partial charge in [-0.05, 0) is 47.8 Å². The zero-order valence-electron chi connectivity index (χ0n) is 29.6. The van der Waals surface area contributed by atoms with Crippen molar-refractivity contribution in [3.63, 3.8) is 0 Å². The Hall–Kier alpha value is -3.54. The van der Waals surface area contributed by atoms with E-state index in [0.717, 1.165) is 11.0 Å². The second-order valence-corrected chi connectivity index (χ2v) is 29.2. The predicted molar refractivity (Wildman–Crippen MR) is 250 cm³/mol. The van der Waals surface area contributed by atoms with E-state index >= 15 is 0 Å². The van der Waals surface area contributed by atoms with Crippen LogP contribution >= 0.6 is 64.9 Å². The molecule has 0 unspecified atom stereocenters. The third-order valence-electron chi connectivity index (χ3n) is 8.99. The Kier molecular flexibility index (Phi) is 15.3. The van der Waals surface area contributed by atoms with Crippen molar-refractivity contribution < 1.29 is 10.6 Å². The Labute approximate surface area is 344 Å². The van der Waals surface area contributed by atoms with Gasteiger partial charge in [-0.1, -0.05) is 60.7 Å². The maximum Gasteiger partial charge on any atom is 0.181 e. The number of rotatable bonds is 9. The summed E-state index contributed by atoms with van der Waals surface area (Å²) in [6, 6.07) is 73.2. The van der Waals surface area contributed by atoms with Gasteiger partial charge in [0, 0.05) is 4.88 Å². The topological polar surface area (TPSA) is 51.7 Å². The van der Waals surface area contributed by atoms with Crippen LogP contribution in [0.4, 0.5) is 0 Å². The van der Waals surface area contributed by atoms with Crippen molar-refractivity contribution >= 4 is 96.7 Å². The summed E-state index contributed by atoms with van der Waals surface area (Å²) >= 11 is 12.0. The zero-order chi connectivity index (χ0) is 36.9. The zero-order valence-corrected chi connectivity index (χ0v) is 36.2. The van der Waals surface area contributed by atoms with E-state index in [1.165, 1.54) is 36.7 Å². The predicted octanol–water partition coefficient (Wildman–Crippen LogP) is 10.8. The molecule has 0 aliphatic heterocycles. The summed E-state index contributed by atoms with van der Waals surface area (Å²) in [4.78, 5) is 2.43. The van der Waals surface area contributed by atoms with Gasteiger partial charge >= 0.3 is 168 Å². The Bertz CT molecular complexity index is 2010. The summed E-state index contributed by atoms with van der Waals surface area (Å²) in [6.07, 6.45) is 0.974. The Morgan fingerprint density at radius 1 is 0.426 bits per heavy atom. The fourth-order valence-electron chi connectivity index (χ4n) is 6.38. The molecule has 54 heavy (non-hydrogen) atoms. The van der Waals surface area contributed by atoms with E-state index in [9.17, 15) is 0 Å². The van der Waals surface area contributed by atoms with Crippen LogP contribution in [0.1, 0.15) is 9.75 Å². The van der Waals surface area contributed by atoms with E-state index in [4.69, 9.17) is 5.11 Å². The van der Waals surface area contributed by atoms with E-state index in [0.29, 0.717) is 0 Å². The number of benzene rings is 6. The molecule has 0 bridgehead atoms. The van der Waals surface area contributed by atoms with Gasteiger partial charge in [0.1, 0.15) is 15.9 Å². The van der Waals surface area contributed by atoms with Crippen LogP contribution in [0.3, 0.4) is 0 Å². The van der Waals surface area contributed by atoms with E-state index in [-0.39, 0.29) is 12.1 Å². The molecule has 8 heteroatoms. The molecule has 0 amide bonds. The number of thiophene rings is 2. The fourth-order valence-corrected chi connectivity index (χ4v) is 21.2. The van der Waals surface area contributed by atoms with Crippen LogP contribution < -0.4 is 31.8 Å². The molecule has 3 N–H and O–H groups in total. The van der Waals surface area contributed by atoms with Gasteiger partial charge in [-0.25, -0.2) is 0 Å².